The molecule has 3 nitrogen and oxygen atoms in total. The van der Waals surface area contributed by atoms with Gasteiger partial charge in [-0.05, 0) is 50.2 Å². The van der Waals surface area contributed by atoms with Gasteiger partial charge in [0, 0.05) is 24.5 Å². The highest BCUT2D eigenvalue weighted by molar-refractivity contribution is 5.81. The number of carbonyl (C=O) groups excluding carboxylic acids is 1. The highest BCUT2D eigenvalue weighted by Crippen LogP contribution is 2.31. The van der Waals surface area contributed by atoms with Gasteiger partial charge in [-0.2, -0.15) is 0 Å². The molecule has 108 valence electrons. The van der Waals surface area contributed by atoms with Crippen molar-refractivity contribution in [3.8, 4) is 0 Å². The molecule has 2 unspecified atom stereocenters. The zero-order chi connectivity index (χ0) is 14.1. The Hall–Kier alpha value is -1.35. The molecule has 0 spiro atoms. The summed E-state index contributed by atoms with van der Waals surface area (Å²) in [5.74, 6) is 0.450. The topological polar surface area (TPSA) is 46.3 Å². The fourth-order valence-electron chi connectivity index (χ4n) is 3.86. The highest BCUT2D eigenvalue weighted by atomic mass is 16.2. The predicted octanol–water partition coefficient (Wildman–Crippen LogP) is 2.13. The van der Waals surface area contributed by atoms with Crippen LogP contribution in [0.4, 0.5) is 0 Å². The third-order valence-electron chi connectivity index (χ3n) is 4.95. The summed E-state index contributed by atoms with van der Waals surface area (Å²) >= 11 is 0. The molecule has 0 saturated carbocycles. The van der Waals surface area contributed by atoms with Gasteiger partial charge in [0.2, 0.25) is 5.91 Å². The van der Waals surface area contributed by atoms with E-state index in [-0.39, 0.29) is 12.0 Å². The standard InChI is InChI=1S/C17H24N2O/c1-12-5-4-8-16(11-18)19(12)17(20)15-9-13-6-2-3-7-14(13)10-15/h2-3,6-7,12,15-16H,4-5,8-11,18H2,1H3. The van der Waals surface area contributed by atoms with Crippen molar-refractivity contribution < 1.29 is 4.79 Å². The number of likely N-dealkylation sites (tertiary alicyclic amines) is 1. The first-order valence-corrected chi connectivity index (χ1v) is 7.79. The SMILES string of the molecule is CC1CCCC(CN)N1C(=O)C1Cc2ccccc2C1. The van der Waals surface area contributed by atoms with Crippen LogP contribution in [0.15, 0.2) is 24.3 Å². The maximum atomic E-state index is 12.9. The van der Waals surface area contributed by atoms with Crippen LogP contribution in [0, 0.1) is 5.92 Å². The first kappa shape index (κ1) is 13.6. The van der Waals surface area contributed by atoms with Crippen LogP contribution in [0.25, 0.3) is 0 Å². The zero-order valence-corrected chi connectivity index (χ0v) is 12.2. The summed E-state index contributed by atoms with van der Waals surface area (Å²) in [6, 6.07) is 9.03. The van der Waals surface area contributed by atoms with Crippen molar-refractivity contribution in [1.82, 2.24) is 4.90 Å². The molecular weight excluding hydrogens is 248 g/mol. The van der Waals surface area contributed by atoms with Gasteiger partial charge in [-0.1, -0.05) is 24.3 Å². The quantitative estimate of drug-likeness (QED) is 0.896. The number of rotatable bonds is 2. The number of benzene rings is 1. The van der Waals surface area contributed by atoms with Crippen molar-refractivity contribution in [2.45, 2.75) is 51.1 Å². The molecular formula is C17H24N2O. The molecule has 3 heteroatoms. The molecule has 1 aliphatic heterocycles. The Morgan fingerprint density at radius 3 is 2.50 bits per heavy atom. The van der Waals surface area contributed by atoms with Crippen LogP contribution in [-0.2, 0) is 17.6 Å². The molecule has 1 fully saturated rings. The summed E-state index contributed by atoms with van der Waals surface area (Å²) in [4.78, 5) is 15.0. The predicted molar refractivity (Wildman–Crippen MR) is 80.3 cm³/mol. The molecule has 3 rings (SSSR count). The smallest absolute Gasteiger partial charge is 0.226 e. The van der Waals surface area contributed by atoms with Crippen molar-refractivity contribution in [2.24, 2.45) is 11.7 Å². The van der Waals surface area contributed by atoms with E-state index in [1.54, 1.807) is 0 Å². The highest BCUT2D eigenvalue weighted by Gasteiger charge is 2.37. The van der Waals surface area contributed by atoms with Gasteiger partial charge in [0.15, 0.2) is 0 Å². The molecule has 1 heterocycles. The van der Waals surface area contributed by atoms with E-state index in [2.05, 4.69) is 36.1 Å². The fraction of sp³-hybridized carbons (Fsp3) is 0.588. The van der Waals surface area contributed by atoms with Gasteiger partial charge in [0.25, 0.3) is 0 Å². The number of hydrogen-bond donors (Lipinski definition) is 1. The minimum atomic E-state index is 0.127. The molecule has 0 bridgehead atoms. The van der Waals surface area contributed by atoms with E-state index in [9.17, 15) is 4.79 Å². The lowest BCUT2D eigenvalue weighted by Crippen LogP contribution is -2.53. The summed E-state index contributed by atoms with van der Waals surface area (Å²) in [6.45, 7) is 2.76. The summed E-state index contributed by atoms with van der Waals surface area (Å²) in [5.41, 5.74) is 8.58. The number of amides is 1. The molecule has 1 aliphatic carbocycles. The molecule has 2 N–H and O–H groups in total. The molecule has 20 heavy (non-hydrogen) atoms. The van der Waals surface area contributed by atoms with E-state index >= 15 is 0 Å². The van der Waals surface area contributed by atoms with Crippen LogP contribution in [0.3, 0.4) is 0 Å². The van der Waals surface area contributed by atoms with E-state index in [0.29, 0.717) is 18.5 Å². The lowest BCUT2D eigenvalue weighted by atomic mass is 9.93. The van der Waals surface area contributed by atoms with Gasteiger partial charge >= 0.3 is 0 Å². The van der Waals surface area contributed by atoms with Crippen LogP contribution in [0.1, 0.15) is 37.3 Å². The fourth-order valence-corrected chi connectivity index (χ4v) is 3.86. The summed E-state index contributed by atoms with van der Waals surface area (Å²) < 4.78 is 0. The molecule has 0 radical (unpaired) electrons. The second-order valence-electron chi connectivity index (χ2n) is 6.29. The van der Waals surface area contributed by atoms with E-state index < -0.39 is 0 Å². The average molecular weight is 272 g/mol. The van der Waals surface area contributed by atoms with Crippen molar-refractivity contribution in [3.05, 3.63) is 35.4 Å². The zero-order valence-electron chi connectivity index (χ0n) is 12.2. The number of nitrogens with two attached hydrogens (primary N) is 1. The van der Waals surface area contributed by atoms with Crippen molar-refractivity contribution in [1.29, 1.82) is 0 Å². The lowest BCUT2D eigenvalue weighted by molar-refractivity contribution is -0.141. The van der Waals surface area contributed by atoms with Crippen LogP contribution >= 0.6 is 0 Å². The third-order valence-corrected chi connectivity index (χ3v) is 4.95. The van der Waals surface area contributed by atoms with Gasteiger partial charge in [0.05, 0.1) is 0 Å². The minimum Gasteiger partial charge on any atom is -0.335 e. The Labute approximate surface area is 121 Å². The van der Waals surface area contributed by atoms with E-state index in [1.165, 1.54) is 17.5 Å². The van der Waals surface area contributed by atoms with Crippen molar-refractivity contribution >= 4 is 5.91 Å². The molecule has 2 atom stereocenters. The average Bonchev–Trinajstić information content (AvgIpc) is 2.90. The van der Waals surface area contributed by atoms with Crippen LogP contribution in [0.5, 0.6) is 0 Å². The van der Waals surface area contributed by atoms with Crippen molar-refractivity contribution in [3.63, 3.8) is 0 Å². The van der Waals surface area contributed by atoms with E-state index in [0.717, 1.165) is 25.7 Å². The normalized spacial score (nSPS) is 26.6. The molecule has 1 aromatic rings. The van der Waals surface area contributed by atoms with Gasteiger partial charge in [-0.3, -0.25) is 4.79 Å². The first-order valence-electron chi connectivity index (χ1n) is 7.79. The Bertz CT molecular complexity index is 475. The Morgan fingerprint density at radius 1 is 1.25 bits per heavy atom. The number of fused-ring (bicyclic) bond motifs is 1. The van der Waals surface area contributed by atoms with Crippen LogP contribution < -0.4 is 5.73 Å². The van der Waals surface area contributed by atoms with E-state index in [1.807, 2.05) is 0 Å². The second-order valence-corrected chi connectivity index (χ2v) is 6.29. The van der Waals surface area contributed by atoms with Crippen LogP contribution in [0.2, 0.25) is 0 Å². The molecule has 1 saturated heterocycles. The Kier molecular flexibility index (Phi) is 3.79. The molecule has 0 aromatic heterocycles. The van der Waals surface area contributed by atoms with Gasteiger partial charge < -0.3 is 10.6 Å². The number of carbonyl (C=O) groups is 1. The first-order chi connectivity index (χ1) is 9.70. The molecule has 1 aromatic carbocycles. The monoisotopic (exact) mass is 272 g/mol. The number of piperidine rings is 1. The third kappa shape index (κ3) is 2.35. The summed E-state index contributed by atoms with van der Waals surface area (Å²) in [6.07, 6.45) is 5.16. The van der Waals surface area contributed by atoms with Crippen molar-refractivity contribution in [2.75, 3.05) is 6.54 Å². The number of nitrogens with zero attached hydrogens (tertiary/aromatic N) is 1. The van der Waals surface area contributed by atoms with Gasteiger partial charge in [-0.15, -0.1) is 0 Å². The van der Waals surface area contributed by atoms with Gasteiger partial charge in [0.1, 0.15) is 0 Å². The number of hydrogen-bond acceptors (Lipinski definition) is 2. The lowest BCUT2D eigenvalue weighted by Gasteiger charge is -2.41. The largest absolute Gasteiger partial charge is 0.335 e. The maximum absolute atomic E-state index is 12.9. The minimum absolute atomic E-state index is 0.127. The summed E-state index contributed by atoms with van der Waals surface area (Å²) in [5, 5.41) is 0. The van der Waals surface area contributed by atoms with Gasteiger partial charge in [-0.25, -0.2) is 0 Å². The molecule has 1 amide bonds. The van der Waals surface area contributed by atoms with Crippen LogP contribution in [-0.4, -0.2) is 29.4 Å². The second kappa shape index (κ2) is 5.57. The molecule has 2 aliphatic rings. The Morgan fingerprint density at radius 2 is 1.90 bits per heavy atom. The maximum Gasteiger partial charge on any atom is 0.226 e. The Balaban J connectivity index is 1.76. The summed E-state index contributed by atoms with van der Waals surface area (Å²) in [7, 11) is 0. The van der Waals surface area contributed by atoms with E-state index in [4.69, 9.17) is 5.73 Å².